The van der Waals surface area contributed by atoms with E-state index in [1.54, 1.807) is 12.1 Å². The van der Waals surface area contributed by atoms with Gasteiger partial charge in [0.15, 0.2) is 0 Å². The molecule has 2 aromatic carbocycles. The highest BCUT2D eigenvalue weighted by Crippen LogP contribution is 2.32. The molecular formula is C15H13N5O. The minimum Gasteiger partial charge on any atom is -0.494 e. The maximum Gasteiger partial charge on any atom is 0.120 e. The van der Waals surface area contributed by atoms with Gasteiger partial charge in [0.25, 0.3) is 0 Å². The molecule has 6 nitrogen and oxygen atoms in total. The van der Waals surface area contributed by atoms with Crippen LogP contribution in [0, 0.1) is 0 Å². The van der Waals surface area contributed by atoms with Gasteiger partial charge in [0.05, 0.1) is 23.3 Å². The van der Waals surface area contributed by atoms with Crippen molar-refractivity contribution in [1.29, 1.82) is 0 Å². The summed E-state index contributed by atoms with van der Waals surface area (Å²) in [4.78, 5) is 7.34. The Kier molecular flexibility index (Phi) is 3.22. The molecule has 0 radical (unpaired) electrons. The first-order valence-electron chi connectivity index (χ1n) is 6.54. The van der Waals surface area contributed by atoms with E-state index in [1.165, 1.54) is 0 Å². The number of azide groups is 1. The van der Waals surface area contributed by atoms with Crippen LogP contribution in [0.1, 0.15) is 6.92 Å². The molecule has 0 saturated carbocycles. The lowest BCUT2D eigenvalue weighted by Crippen LogP contribution is -1.95. The van der Waals surface area contributed by atoms with E-state index in [9.17, 15) is 0 Å². The van der Waals surface area contributed by atoms with Crippen molar-refractivity contribution in [2.45, 2.75) is 6.92 Å². The Morgan fingerprint density at radius 1 is 1.19 bits per heavy atom. The number of nitrogens with two attached hydrogens (primary N) is 1. The van der Waals surface area contributed by atoms with Gasteiger partial charge in [-0.25, -0.2) is 4.98 Å². The third-order valence-corrected chi connectivity index (χ3v) is 3.24. The van der Waals surface area contributed by atoms with Crippen molar-refractivity contribution in [2.24, 2.45) is 5.11 Å². The van der Waals surface area contributed by atoms with E-state index in [0.29, 0.717) is 23.5 Å². The van der Waals surface area contributed by atoms with E-state index < -0.39 is 0 Å². The number of fused-ring (bicyclic) bond motifs is 2. The fourth-order valence-electron chi connectivity index (χ4n) is 2.31. The van der Waals surface area contributed by atoms with Crippen molar-refractivity contribution < 1.29 is 4.74 Å². The van der Waals surface area contributed by atoms with Crippen LogP contribution in [0.25, 0.3) is 32.2 Å². The van der Waals surface area contributed by atoms with Crippen LogP contribution in [-0.2, 0) is 0 Å². The molecule has 0 unspecified atom stereocenters. The molecule has 0 atom stereocenters. The SMILES string of the molecule is CCOc1ccc2nc3cc(N=[N+]=[N-])ccc3c(N)c2c1. The van der Waals surface area contributed by atoms with E-state index in [2.05, 4.69) is 15.0 Å². The Hall–Kier alpha value is -2.98. The average Bonchev–Trinajstić information content (AvgIpc) is 2.49. The summed E-state index contributed by atoms with van der Waals surface area (Å²) in [5, 5.41) is 5.26. The van der Waals surface area contributed by atoms with Gasteiger partial charge in [-0.15, -0.1) is 0 Å². The van der Waals surface area contributed by atoms with E-state index in [1.807, 2.05) is 31.2 Å². The van der Waals surface area contributed by atoms with Crippen LogP contribution in [0.15, 0.2) is 41.5 Å². The second-order valence-corrected chi connectivity index (χ2v) is 4.53. The van der Waals surface area contributed by atoms with Crippen LogP contribution < -0.4 is 10.5 Å². The highest BCUT2D eigenvalue weighted by Gasteiger charge is 2.08. The molecule has 0 aliphatic rings. The van der Waals surface area contributed by atoms with E-state index in [-0.39, 0.29) is 0 Å². The van der Waals surface area contributed by atoms with E-state index in [4.69, 9.17) is 16.0 Å². The number of nitrogen functional groups attached to an aromatic ring is 1. The summed E-state index contributed by atoms with van der Waals surface area (Å²) in [7, 11) is 0. The number of anilines is 1. The molecule has 0 aliphatic heterocycles. The zero-order chi connectivity index (χ0) is 14.8. The van der Waals surface area contributed by atoms with Gasteiger partial charge in [0, 0.05) is 21.4 Å². The Bertz CT molecular complexity index is 884. The molecular weight excluding hydrogens is 266 g/mol. The van der Waals surface area contributed by atoms with Gasteiger partial charge < -0.3 is 10.5 Å². The molecule has 1 heterocycles. The first kappa shape index (κ1) is 13.0. The zero-order valence-electron chi connectivity index (χ0n) is 11.4. The molecule has 0 bridgehead atoms. The van der Waals surface area contributed by atoms with Crippen LogP contribution >= 0.6 is 0 Å². The van der Waals surface area contributed by atoms with E-state index in [0.717, 1.165) is 22.0 Å². The molecule has 6 heteroatoms. The number of rotatable bonds is 3. The van der Waals surface area contributed by atoms with E-state index >= 15 is 0 Å². The lowest BCUT2D eigenvalue weighted by atomic mass is 10.1. The van der Waals surface area contributed by atoms with Crippen molar-refractivity contribution in [3.63, 3.8) is 0 Å². The van der Waals surface area contributed by atoms with Gasteiger partial charge in [-0.3, -0.25) is 0 Å². The molecule has 0 spiro atoms. The first-order chi connectivity index (χ1) is 10.2. The molecule has 2 N–H and O–H groups in total. The fraction of sp³-hybridized carbons (Fsp3) is 0.133. The monoisotopic (exact) mass is 279 g/mol. The minimum atomic E-state index is 0.516. The Morgan fingerprint density at radius 2 is 2.05 bits per heavy atom. The van der Waals surface area contributed by atoms with Gasteiger partial charge in [-0.05, 0) is 36.7 Å². The number of hydrogen-bond acceptors (Lipinski definition) is 4. The molecule has 3 rings (SSSR count). The van der Waals surface area contributed by atoms with Crippen LogP contribution in [0.3, 0.4) is 0 Å². The summed E-state index contributed by atoms with van der Waals surface area (Å²) >= 11 is 0. The van der Waals surface area contributed by atoms with Crippen LogP contribution in [0.2, 0.25) is 0 Å². The number of pyridine rings is 1. The topological polar surface area (TPSA) is 96.9 Å². The summed E-state index contributed by atoms with van der Waals surface area (Å²) in [6.45, 7) is 2.53. The summed E-state index contributed by atoms with van der Waals surface area (Å²) in [6, 6.07) is 10.9. The number of ether oxygens (including phenoxy) is 1. The highest BCUT2D eigenvalue weighted by molar-refractivity contribution is 6.07. The number of nitrogens with zero attached hydrogens (tertiary/aromatic N) is 4. The summed E-state index contributed by atoms with van der Waals surface area (Å²) in [5.41, 5.74) is 17.4. The predicted octanol–water partition coefficient (Wildman–Crippen LogP) is 4.31. The highest BCUT2D eigenvalue weighted by atomic mass is 16.5. The first-order valence-corrected chi connectivity index (χ1v) is 6.54. The second-order valence-electron chi connectivity index (χ2n) is 4.53. The van der Waals surface area contributed by atoms with Crippen molar-refractivity contribution in [3.05, 3.63) is 46.8 Å². The molecule has 0 amide bonds. The third kappa shape index (κ3) is 2.28. The van der Waals surface area contributed by atoms with Crippen LogP contribution in [0.4, 0.5) is 11.4 Å². The predicted molar refractivity (Wildman–Crippen MR) is 83.6 cm³/mol. The normalized spacial score (nSPS) is 10.5. The van der Waals surface area contributed by atoms with Gasteiger partial charge in [0.1, 0.15) is 5.75 Å². The molecule has 1 aromatic heterocycles. The molecule has 0 saturated heterocycles. The van der Waals surface area contributed by atoms with Crippen molar-refractivity contribution in [3.8, 4) is 5.75 Å². The van der Waals surface area contributed by atoms with Crippen LogP contribution in [-0.4, -0.2) is 11.6 Å². The maximum atomic E-state index is 8.50. The standard InChI is InChI=1S/C15H13N5O/c1-2-21-10-4-6-13-12(8-10)15(16)11-5-3-9(19-20-17)7-14(11)18-13/h3-8H,2H2,1H3,(H2,16,18). The van der Waals surface area contributed by atoms with Gasteiger partial charge in [-0.1, -0.05) is 17.2 Å². The zero-order valence-corrected chi connectivity index (χ0v) is 11.4. The lowest BCUT2D eigenvalue weighted by Gasteiger charge is -2.09. The number of aromatic nitrogens is 1. The Labute approximate surface area is 120 Å². The molecule has 0 fully saturated rings. The summed E-state index contributed by atoms with van der Waals surface area (Å²) in [5.74, 6) is 0.767. The Morgan fingerprint density at radius 3 is 2.81 bits per heavy atom. The maximum absolute atomic E-state index is 8.50. The molecule has 21 heavy (non-hydrogen) atoms. The van der Waals surface area contributed by atoms with Crippen molar-refractivity contribution in [2.75, 3.05) is 12.3 Å². The third-order valence-electron chi connectivity index (χ3n) is 3.24. The molecule has 3 aromatic rings. The van der Waals surface area contributed by atoms with Gasteiger partial charge >= 0.3 is 0 Å². The molecule has 104 valence electrons. The average molecular weight is 279 g/mol. The quantitative estimate of drug-likeness (QED) is 0.335. The summed E-state index contributed by atoms with van der Waals surface area (Å²) < 4.78 is 5.49. The van der Waals surface area contributed by atoms with Crippen LogP contribution in [0.5, 0.6) is 5.75 Å². The summed E-state index contributed by atoms with van der Waals surface area (Å²) in [6.07, 6.45) is 0. The second kappa shape index (κ2) is 5.19. The number of benzene rings is 2. The largest absolute Gasteiger partial charge is 0.494 e. The fourth-order valence-corrected chi connectivity index (χ4v) is 2.31. The number of hydrogen-bond donors (Lipinski definition) is 1. The van der Waals surface area contributed by atoms with Gasteiger partial charge in [0.2, 0.25) is 0 Å². The van der Waals surface area contributed by atoms with Crippen molar-refractivity contribution >= 4 is 33.2 Å². The smallest absolute Gasteiger partial charge is 0.120 e. The minimum absolute atomic E-state index is 0.516. The lowest BCUT2D eigenvalue weighted by molar-refractivity contribution is 0.341. The molecule has 0 aliphatic carbocycles. The van der Waals surface area contributed by atoms with Gasteiger partial charge in [-0.2, -0.15) is 0 Å². The Balaban J connectivity index is 2.28. The van der Waals surface area contributed by atoms with Crippen molar-refractivity contribution in [1.82, 2.24) is 4.98 Å².